The summed E-state index contributed by atoms with van der Waals surface area (Å²) in [5.74, 6) is 1.39. The van der Waals surface area contributed by atoms with Crippen LogP contribution in [0, 0.1) is 5.92 Å². The first kappa shape index (κ1) is 17.8. The number of fused-ring (bicyclic) bond motifs is 1. The van der Waals surface area contributed by atoms with Gasteiger partial charge in [0, 0.05) is 6.07 Å². The van der Waals surface area contributed by atoms with Crippen molar-refractivity contribution in [2.45, 2.75) is 26.9 Å². The summed E-state index contributed by atoms with van der Waals surface area (Å²) in [5.41, 5.74) is 0.0133. The zero-order valence-electron chi connectivity index (χ0n) is 14.7. The molecule has 1 aliphatic heterocycles. The van der Waals surface area contributed by atoms with Crippen molar-refractivity contribution in [3.63, 3.8) is 0 Å². The second-order valence-electron chi connectivity index (χ2n) is 6.25. The van der Waals surface area contributed by atoms with Gasteiger partial charge in [-0.25, -0.2) is 4.79 Å². The van der Waals surface area contributed by atoms with E-state index in [1.165, 1.54) is 12.3 Å². The highest BCUT2D eigenvalue weighted by Crippen LogP contribution is 2.32. The van der Waals surface area contributed by atoms with E-state index < -0.39 is 5.97 Å². The quantitative estimate of drug-likeness (QED) is 0.701. The molecule has 0 unspecified atom stereocenters. The normalized spacial score (nSPS) is 12.3. The highest BCUT2D eigenvalue weighted by atomic mass is 16.7. The Labute approximate surface area is 150 Å². The Morgan fingerprint density at radius 3 is 2.77 bits per heavy atom. The number of ether oxygens (including phenoxy) is 4. The van der Waals surface area contributed by atoms with Gasteiger partial charge in [0.25, 0.3) is 0 Å². The number of hydrogen-bond acceptors (Lipinski definition) is 7. The second kappa shape index (κ2) is 7.95. The van der Waals surface area contributed by atoms with Crippen molar-refractivity contribution in [3.8, 4) is 17.2 Å². The molecule has 0 saturated carbocycles. The fourth-order valence-corrected chi connectivity index (χ4v) is 2.27. The molecule has 0 saturated heterocycles. The van der Waals surface area contributed by atoms with Gasteiger partial charge in [0.05, 0.1) is 12.2 Å². The van der Waals surface area contributed by atoms with Crippen molar-refractivity contribution >= 4 is 5.97 Å². The van der Waals surface area contributed by atoms with Gasteiger partial charge in [-0.1, -0.05) is 13.8 Å². The molecule has 0 radical (unpaired) electrons. The maximum absolute atomic E-state index is 12.1. The predicted molar refractivity (Wildman–Crippen MR) is 91.6 cm³/mol. The summed E-state index contributed by atoms with van der Waals surface area (Å²) in [6, 6.07) is 6.03. The van der Waals surface area contributed by atoms with Crippen LogP contribution in [0.4, 0.5) is 0 Å². The van der Waals surface area contributed by atoms with Gasteiger partial charge in [-0.15, -0.1) is 0 Å². The fourth-order valence-electron chi connectivity index (χ4n) is 2.27. The van der Waals surface area contributed by atoms with Crippen LogP contribution in [-0.4, -0.2) is 19.4 Å². The van der Waals surface area contributed by atoms with Crippen LogP contribution in [0.25, 0.3) is 0 Å². The van der Waals surface area contributed by atoms with E-state index in [0.29, 0.717) is 29.6 Å². The van der Waals surface area contributed by atoms with Crippen LogP contribution >= 0.6 is 0 Å². The predicted octanol–water partition coefficient (Wildman–Crippen LogP) is 3.15. The van der Waals surface area contributed by atoms with Crippen LogP contribution in [0.3, 0.4) is 0 Å². The van der Waals surface area contributed by atoms with Gasteiger partial charge in [-0.05, 0) is 30.5 Å². The lowest BCUT2D eigenvalue weighted by atomic mass is 10.1. The minimum atomic E-state index is -0.553. The molecule has 26 heavy (non-hydrogen) atoms. The zero-order chi connectivity index (χ0) is 18.5. The maximum Gasteiger partial charge on any atom is 0.338 e. The molecule has 7 heteroatoms. The number of esters is 1. The summed E-state index contributed by atoms with van der Waals surface area (Å²) in [4.78, 5) is 24.1. The van der Waals surface area contributed by atoms with Crippen LogP contribution in [-0.2, 0) is 11.3 Å². The van der Waals surface area contributed by atoms with Gasteiger partial charge in [0.1, 0.15) is 18.6 Å². The number of hydrogen-bond donors (Lipinski definition) is 0. The van der Waals surface area contributed by atoms with E-state index in [9.17, 15) is 9.59 Å². The number of carbonyl (C=O) groups excluding carboxylic acids is 1. The summed E-state index contributed by atoms with van der Waals surface area (Å²) in [5, 5.41) is 0. The third kappa shape index (κ3) is 4.36. The Morgan fingerprint density at radius 2 is 2.00 bits per heavy atom. The molecule has 0 aliphatic carbocycles. The molecular weight excluding hydrogens is 340 g/mol. The van der Waals surface area contributed by atoms with Gasteiger partial charge in [0.15, 0.2) is 11.5 Å². The summed E-state index contributed by atoms with van der Waals surface area (Å²) in [6.45, 7) is 4.56. The van der Waals surface area contributed by atoms with Crippen LogP contribution in [0.2, 0.25) is 0 Å². The molecule has 0 fully saturated rings. The van der Waals surface area contributed by atoms with E-state index in [0.717, 1.165) is 6.42 Å². The molecule has 0 N–H and O–H groups in total. The van der Waals surface area contributed by atoms with E-state index in [-0.39, 0.29) is 30.3 Å². The SMILES string of the molecule is CC(C)CCOc1coc(COC(=O)c2ccc3c(c2)OCO3)cc1=O. The van der Waals surface area contributed by atoms with Crippen molar-refractivity contribution in [1.82, 2.24) is 0 Å². The van der Waals surface area contributed by atoms with Crippen LogP contribution in [0.1, 0.15) is 36.4 Å². The summed E-state index contributed by atoms with van der Waals surface area (Å²) < 4.78 is 26.3. The maximum atomic E-state index is 12.1. The van der Waals surface area contributed by atoms with Crippen molar-refractivity contribution in [2.24, 2.45) is 5.92 Å². The number of benzene rings is 1. The standard InChI is InChI=1S/C19H20O7/c1-12(2)5-6-22-18-10-23-14(8-15(18)20)9-24-19(21)13-3-4-16-17(7-13)26-11-25-16/h3-4,7-8,10,12H,5-6,9,11H2,1-2H3. The molecule has 1 aromatic carbocycles. The first-order valence-corrected chi connectivity index (χ1v) is 8.34. The molecule has 0 amide bonds. The molecule has 138 valence electrons. The molecule has 0 atom stereocenters. The Hall–Kier alpha value is -2.96. The van der Waals surface area contributed by atoms with Gasteiger partial charge in [-0.2, -0.15) is 0 Å². The monoisotopic (exact) mass is 360 g/mol. The molecule has 2 aromatic rings. The van der Waals surface area contributed by atoms with Crippen molar-refractivity contribution < 1.29 is 28.2 Å². The molecular formula is C19H20O7. The van der Waals surface area contributed by atoms with Gasteiger partial charge in [0.2, 0.25) is 18.0 Å². The van der Waals surface area contributed by atoms with Crippen LogP contribution < -0.4 is 19.6 Å². The highest BCUT2D eigenvalue weighted by Gasteiger charge is 2.17. The molecule has 1 aliphatic rings. The van der Waals surface area contributed by atoms with Crippen molar-refractivity contribution in [2.75, 3.05) is 13.4 Å². The first-order chi connectivity index (χ1) is 12.5. The lowest BCUT2D eigenvalue weighted by Gasteiger charge is -2.08. The molecule has 7 nitrogen and oxygen atoms in total. The summed E-state index contributed by atoms with van der Waals surface area (Å²) in [7, 11) is 0. The van der Waals surface area contributed by atoms with E-state index >= 15 is 0 Å². The lowest BCUT2D eigenvalue weighted by Crippen LogP contribution is -2.11. The fraction of sp³-hybridized carbons (Fsp3) is 0.368. The Bertz CT molecular complexity index is 838. The summed E-state index contributed by atoms with van der Waals surface area (Å²) in [6.07, 6.45) is 2.08. The Kier molecular flexibility index (Phi) is 5.46. The van der Waals surface area contributed by atoms with Crippen LogP contribution in [0.15, 0.2) is 39.7 Å². The van der Waals surface area contributed by atoms with Crippen molar-refractivity contribution in [1.29, 1.82) is 0 Å². The lowest BCUT2D eigenvalue weighted by molar-refractivity contribution is 0.0442. The van der Waals surface area contributed by atoms with E-state index in [2.05, 4.69) is 13.8 Å². The zero-order valence-corrected chi connectivity index (χ0v) is 14.7. The molecule has 0 bridgehead atoms. The van der Waals surface area contributed by atoms with E-state index in [4.69, 9.17) is 23.4 Å². The van der Waals surface area contributed by atoms with Gasteiger partial charge in [-0.3, -0.25) is 4.79 Å². The molecule has 2 heterocycles. The topological polar surface area (TPSA) is 84.2 Å². The molecule has 3 rings (SSSR count). The van der Waals surface area contributed by atoms with E-state index in [1.54, 1.807) is 18.2 Å². The minimum Gasteiger partial charge on any atom is -0.487 e. The molecule has 1 aromatic heterocycles. The minimum absolute atomic E-state index is 0.130. The third-order valence-corrected chi connectivity index (χ3v) is 3.76. The summed E-state index contributed by atoms with van der Waals surface area (Å²) >= 11 is 0. The smallest absolute Gasteiger partial charge is 0.338 e. The Balaban J connectivity index is 1.56. The largest absolute Gasteiger partial charge is 0.487 e. The van der Waals surface area contributed by atoms with Gasteiger partial charge >= 0.3 is 5.97 Å². The first-order valence-electron chi connectivity index (χ1n) is 8.34. The van der Waals surface area contributed by atoms with E-state index in [1.807, 2.05) is 0 Å². The molecule has 0 spiro atoms. The number of rotatable bonds is 7. The number of carbonyl (C=O) groups is 1. The third-order valence-electron chi connectivity index (χ3n) is 3.76. The average molecular weight is 360 g/mol. The second-order valence-corrected chi connectivity index (χ2v) is 6.25. The van der Waals surface area contributed by atoms with Crippen LogP contribution in [0.5, 0.6) is 17.2 Å². The van der Waals surface area contributed by atoms with Crippen molar-refractivity contribution in [3.05, 3.63) is 52.1 Å². The average Bonchev–Trinajstić information content (AvgIpc) is 3.08. The van der Waals surface area contributed by atoms with Gasteiger partial charge < -0.3 is 23.4 Å². The highest BCUT2D eigenvalue weighted by molar-refractivity contribution is 5.90. The Morgan fingerprint density at radius 1 is 1.19 bits per heavy atom.